The van der Waals surface area contributed by atoms with E-state index in [1.165, 1.54) is 12.1 Å². The molecule has 0 aliphatic heterocycles. The molecule has 1 unspecified atom stereocenters. The fourth-order valence-corrected chi connectivity index (χ4v) is 5.08. The van der Waals surface area contributed by atoms with Gasteiger partial charge in [-0.2, -0.15) is 0 Å². The molecule has 0 spiro atoms. The molecule has 47 heavy (non-hydrogen) atoms. The van der Waals surface area contributed by atoms with Gasteiger partial charge < -0.3 is 38.9 Å². The molecule has 3 rings (SSSR count). The number of aliphatic carboxylic acids is 1. The van der Waals surface area contributed by atoms with Crippen LogP contribution in [0.3, 0.4) is 0 Å². The summed E-state index contributed by atoms with van der Waals surface area (Å²) in [6.45, 7) is 2.12. The number of ether oxygens (including phenoxy) is 5. The summed E-state index contributed by atoms with van der Waals surface area (Å²) in [5.74, 6) is -0.297. The van der Waals surface area contributed by atoms with Crippen molar-refractivity contribution < 1.29 is 43.2 Å². The fraction of sp³-hybridized carbons (Fsp3) is 0.375. The van der Waals surface area contributed by atoms with Gasteiger partial charge in [0, 0.05) is 17.9 Å². The number of carboxylic acids is 1. The van der Waals surface area contributed by atoms with Crippen LogP contribution in [-0.2, 0) is 25.5 Å². The summed E-state index contributed by atoms with van der Waals surface area (Å²) in [5, 5.41) is 15.4. The van der Waals surface area contributed by atoms with Crippen molar-refractivity contribution in [3.63, 3.8) is 0 Å². The van der Waals surface area contributed by atoms with E-state index in [4.69, 9.17) is 52.4 Å². The first kappa shape index (κ1) is 37.1. The second kappa shape index (κ2) is 20.0. The normalized spacial score (nSPS) is 11.2. The van der Waals surface area contributed by atoms with E-state index in [1.807, 2.05) is 30.3 Å². The summed E-state index contributed by atoms with van der Waals surface area (Å²) in [5.41, 5.74) is 10.3. The number of carbonyl (C=O) groups is 2. The van der Waals surface area contributed by atoms with E-state index in [1.54, 1.807) is 26.4 Å². The van der Waals surface area contributed by atoms with Gasteiger partial charge in [0.15, 0.2) is 0 Å². The molecule has 1 atom stereocenters. The summed E-state index contributed by atoms with van der Waals surface area (Å²) in [6, 6.07) is 14.4. The van der Waals surface area contributed by atoms with E-state index in [0.29, 0.717) is 62.3 Å². The second-order valence-electron chi connectivity index (χ2n) is 9.85. The summed E-state index contributed by atoms with van der Waals surface area (Å²) < 4.78 is 27.4. The van der Waals surface area contributed by atoms with Crippen LogP contribution in [0.15, 0.2) is 59.9 Å². The third-order valence-corrected chi connectivity index (χ3v) is 7.29. The topological polar surface area (TPSA) is 171 Å². The Morgan fingerprint density at radius 3 is 2.09 bits per heavy atom. The fourth-order valence-electron chi connectivity index (χ4n) is 4.44. The SMILES string of the molecule is COc1cccc(OC)c1-c1ccc(CC(NC(=O)c2c(Cl)cc(OCCCCOCCOCCON=[N+]=[N-])cc2Cl)C(=O)O)cc1. The number of methoxy groups -OCH3 is 2. The van der Waals surface area contributed by atoms with Gasteiger partial charge in [-0.1, -0.05) is 53.5 Å². The maximum atomic E-state index is 13.1. The van der Waals surface area contributed by atoms with E-state index in [0.717, 1.165) is 17.5 Å². The first-order valence-corrected chi connectivity index (χ1v) is 15.3. The van der Waals surface area contributed by atoms with Gasteiger partial charge in [0.1, 0.15) is 35.2 Å². The number of hydrogen-bond acceptors (Lipinski definition) is 9. The molecule has 0 heterocycles. The van der Waals surface area contributed by atoms with E-state index in [-0.39, 0.29) is 28.6 Å². The van der Waals surface area contributed by atoms with Gasteiger partial charge in [0.2, 0.25) is 0 Å². The molecule has 0 fully saturated rings. The predicted octanol–water partition coefficient (Wildman–Crippen LogP) is 6.54. The number of carbonyl (C=O) groups excluding carboxylic acids is 1. The third-order valence-electron chi connectivity index (χ3n) is 6.69. The summed E-state index contributed by atoms with van der Waals surface area (Å²) in [7, 11) is 3.14. The van der Waals surface area contributed by atoms with E-state index < -0.39 is 17.9 Å². The molecule has 3 aromatic rings. The number of azide groups is 1. The van der Waals surface area contributed by atoms with E-state index in [2.05, 4.69) is 20.3 Å². The lowest BCUT2D eigenvalue weighted by molar-refractivity contribution is -0.139. The zero-order valence-corrected chi connectivity index (χ0v) is 27.5. The number of carboxylic acid groups (broad SMARTS) is 1. The molecule has 0 aromatic heterocycles. The number of nitrogens with one attached hydrogen (secondary N) is 1. The highest BCUT2D eigenvalue weighted by molar-refractivity contribution is 6.40. The van der Waals surface area contributed by atoms with Crippen molar-refractivity contribution >= 4 is 35.1 Å². The largest absolute Gasteiger partial charge is 0.496 e. The van der Waals surface area contributed by atoms with Crippen LogP contribution in [0.1, 0.15) is 28.8 Å². The zero-order chi connectivity index (χ0) is 34.0. The van der Waals surface area contributed by atoms with Crippen LogP contribution >= 0.6 is 23.2 Å². The molecular weight excluding hydrogens is 655 g/mol. The second-order valence-corrected chi connectivity index (χ2v) is 10.7. The Kier molecular flexibility index (Phi) is 15.8. The number of unbranched alkanes of at least 4 members (excludes halogenated alkanes) is 1. The highest BCUT2D eigenvalue weighted by Gasteiger charge is 2.25. The number of amides is 1. The minimum Gasteiger partial charge on any atom is -0.496 e. The van der Waals surface area contributed by atoms with Crippen molar-refractivity contribution in [1.82, 2.24) is 5.32 Å². The maximum Gasteiger partial charge on any atom is 0.326 e. The quantitative estimate of drug-likeness (QED) is 0.0414. The minimum absolute atomic E-state index is 0.0193. The van der Waals surface area contributed by atoms with Gasteiger partial charge in [0.05, 0.1) is 61.8 Å². The smallest absolute Gasteiger partial charge is 0.326 e. The summed E-state index contributed by atoms with van der Waals surface area (Å²) >= 11 is 12.8. The lowest BCUT2D eigenvalue weighted by atomic mass is 9.99. The van der Waals surface area contributed by atoms with E-state index >= 15 is 0 Å². The lowest BCUT2D eigenvalue weighted by Crippen LogP contribution is -2.42. The van der Waals surface area contributed by atoms with Gasteiger partial charge >= 0.3 is 5.97 Å². The van der Waals surface area contributed by atoms with Gasteiger partial charge in [-0.25, -0.2) is 4.79 Å². The zero-order valence-electron chi connectivity index (χ0n) is 25.9. The monoisotopic (exact) mass is 690 g/mol. The van der Waals surface area contributed by atoms with Crippen LogP contribution in [0, 0.1) is 0 Å². The van der Waals surface area contributed by atoms with E-state index in [9.17, 15) is 14.7 Å². The number of nitrogens with zero attached hydrogens (tertiary/aromatic N) is 3. The number of halogens is 2. The molecule has 2 N–H and O–H groups in total. The Morgan fingerprint density at radius 1 is 0.894 bits per heavy atom. The Bertz CT molecular complexity index is 1470. The summed E-state index contributed by atoms with van der Waals surface area (Å²) in [6.07, 6.45) is 1.44. The standard InChI is InChI=1S/C32H36Cl2N4O9/c1-42-27-6-5-7-28(43-2)29(27)22-10-8-21(9-11-22)18-26(32(40)41)36-31(39)30-24(33)19-23(20-25(30)34)46-13-4-3-12-44-14-15-45-16-17-47-38-37-35/h5-11,19-20,26H,3-4,12-18H2,1-2H3,(H,36,39)(H,40,41). The molecule has 0 saturated carbocycles. The predicted molar refractivity (Wildman–Crippen MR) is 176 cm³/mol. The lowest BCUT2D eigenvalue weighted by Gasteiger charge is -2.17. The maximum absolute atomic E-state index is 13.1. The van der Waals surface area contributed by atoms with Crippen molar-refractivity contribution in [2.75, 3.05) is 53.9 Å². The van der Waals surface area contributed by atoms with Crippen LogP contribution in [0.2, 0.25) is 10.0 Å². The van der Waals surface area contributed by atoms with Crippen LogP contribution in [0.4, 0.5) is 0 Å². The first-order chi connectivity index (χ1) is 22.8. The Labute approximate surface area is 282 Å². The molecule has 0 radical (unpaired) electrons. The van der Waals surface area contributed by atoms with Crippen molar-refractivity contribution in [3.8, 4) is 28.4 Å². The van der Waals surface area contributed by atoms with Gasteiger partial charge in [-0.05, 0) is 53.8 Å². The molecule has 1 amide bonds. The Hall–Kier alpha value is -4.39. The molecule has 3 aromatic carbocycles. The number of rotatable bonds is 21. The Balaban J connectivity index is 1.49. The first-order valence-electron chi connectivity index (χ1n) is 14.6. The van der Waals surface area contributed by atoms with Crippen LogP contribution in [0.5, 0.6) is 17.2 Å². The van der Waals surface area contributed by atoms with Crippen LogP contribution < -0.4 is 19.5 Å². The highest BCUT2D eigenvalue weighted by Crippen LogP contribution is 2.38. The van der Waals surface area contributed by atoms with Crippen LogP contribution in [0.25, 0.3) is 21.6 Å². The summed E-state index contributed by atoms with van der Waals surface area (Å²) in [4.78, 5) is 32.2. The molecule has 252 valence electrons. The molecule has 0 aliphatic carbocycles. The molecular formula is C32H36Cl2N4O9. The van der Waals surface area contributed by atoms with Gasteiger partial charge in [-0.3, -0.25) is 4.79 Å². The average Bonchev–Trinajstić information content (AvgIpc) is 3.06. The molecule has 0 saturated heterocycles. The Morgan fingerprint density at radius 2 is 1.49 bits per heavy atom. The third kappa shape index (κ3) is 11.7. The number of benzene rings is 3. The minimum atomic E-state index is -1.25. The average molecular weight is 692 g/mol. The van der Waals surface area contributed by atoms with Gasteiger partial charge in [-0.15, -0.1) is 0 Å². The molecule has 0 bridgehead atoms. The molecule has 13 nitrogen and oxygen atoms in total. The molecule has 15 heteroatoms. The number of hydrogen-bond donors (Lipinski definition) is 2. The highest BCUT2D eigenvalue weighted by atomic mass is 35.5. The van der Waals surface area contributed by atoms with Gasteiger partial charge in [0.25, 0.3) is 5.91 Å². The van der Waals surface area contributed by atoms with Crippen LogP contribution in [-0.4, -0.2) is 76.9 Å². The van der Waals surface area contributed by atoms with Crippen molar-refractivity contribution in [2.24, 2.45) is 5.28 Å². The molecule has 0 aliphatic rings. The van der Waals surface area contributed by atoms with Crippen molar-refractivity contribution in [3.05, 3.63) is 86.2 Å². The van der Waals surface area contributed by atoms with Crippen molar-refractivity contribution in [2.45, 2.75) is 25.3 Å². The van der Waals surface area contributed by atoms with Crippen molar-refractivity contribution in [1.29, 1.82) is 0 Å².